The van der Waals surface area contributed by atoms with Crippen molar-refractivity contribution < 1.29 is 0 Å². The maximum absolute atomic E-state index is 5.61. The number of benzene rings is 1. The van der Waals surface area contributed by atoms with Gasteiger partial charge in [0.15, 0.2) is 0 Å². The minimum atomic E-state index is 0.869. The van der Waals surface area contributed by atoms with Crippen LogP contribution in [-0.2, 0) is 0 Å². The fourth-order valence-electron chi connectivity index (χ4n) is 0.913. The maximum atomic E-state index is 5.61. The van der Waals surface area contributed by atoms with E-state index in [1.54, 1.807) is 0 Å². The van der Waals surface area contributed by atoms with Gasteiger partial charge in [0.05, 0.1) is 0 Å². The van der Waals surface area contributed by atoms with Crippen molar-refractivity contribution in [3.63, 3.8) is 0 Å². The van der Waals surface area contributed by atoms with Crippen LogP contribution in [0, 0.1) is 6.92 Å². The summed E-state index contributed by atoms with van der Waals surface area (Å²) >= 11 is 3.75. The summed E-state index contributed by atoms with van der Waals surface area (Å²) in [5.41, 5.74) is 0.869. The average Bonchev–Trinajstić information content (AvgIpc) is 2.33. The standard InChI is InChI=1S/C8H6S2/c1-6-2-3-7-8(4-6)10-5-9-7/h1-4H,5H2. The van der Waals surface area contributed by atoms with Crippen molar-refractivity contribution in [1.82, 2.24) is 0 Å². The monoisotopic (exact) mass is 166 g/mol. The molecule has 10 heavy (non-hydrogen) atoms. The zero-order valence-electron chi connectivity index (χ0n) is 5.33. The molecule has 1 heterocycles. The fourth-order valence-corrected chi connectivity index (χ4v) is 3.31. The summed E-state index contributed by atoms with van der Waals surface area (Å²) in [6.07, 6.45) is 0. The van der Waals surface area contributed by atoms with Crippen LogP contribution in [0.25, 0.3) is 0 Å². The number of rotatable bonds is 0. The molecule has 0 saturated heterocycles. The molecule has 2 rings (SSSR count). The summed E-state index contributed by atoms with van der Waals surface area (Å²) < 4.78 is 0. The molecule has 0 atom stereocenters. The van der Waals surface area contributed by atoms with Crippen molar-refractivity contribution in [2.75, 3.05) is 5.08 Å². The molecule has 0 fully saturated rings. The normalized spacial score (nSPS) is 15.3. The molecule has 0 amide bonds. The van der Waals surface area contributed by atoms with E-state index in [-0.39, 0.29) is 0 Å². The Hall–Kier alpha value is -0.0800. The number of hydrogen-bond acceptors (Lipinski definition) is 2. The van der Waals surface area contributed by atoms with Gasteiger partial charge in [0, 0.05) is 14.9 Å². The van der Waals surface area contributed by atoms with Gasteiger partial charge in [-0.05, 0) is 24.6 Å². The topological polar surface area (TPSA) is 0 Å². The zero-order chi connectivity index (χ0) is 6.97. The molecule has 0 aliphatic carbocycles. The number of fused-ring (bicyclic) bond motifs is 1. The first-order valence-corrected chi connectivity index (χ1v) is 4.98. The third-order valence-electron chi connectivity index (χ3n) is 1.40. The van der Waals surface area contributed by atoms with Crippen LogP contribution in [0.3, 0.4) is 0 Å². The van der Waals surface area contributed by atoms with Crippen LogP contribution >= 0.6 is 23.5 Å². The first-order chi connectivity index (χ1) is 4.86. The molecule has 0 unspecified atom stereocenters. The van der Waals surface area contributed by atoms with E-state index in [1.165, 1.54) is 9.79 Å². The maximum Gasteiger partial charge on any atom is 0.0487 e. The van der Waals surface area contributed by atoms with Gasteiger partial charge >= 0.3 is 0 Å². The molecule has 1 aliphatic heterocycles. The van der Waals surface area contributed by atoms with Gasteiger partial charge < -0.3 is 0 Å². The first-order valence-electron chi connectivity index (χ1n) is 3.01. The molecule has 1 aliphatic rings. The molecule has 2 radical (unpaired) electrons. The van der Waals surface area contributed by atoms with Crippen LogP contribution in [0.15, 0.2) is 28.0 Å². The second kappa shape index (κ2) is 2.51. The Labute approximate surface area is 69.4 Å². The van der Waals surface area contributed by atoms with Crippen molar-refractivity contribution in [3.8, 4) is 0 Å². The molecule has 0 bridgehead atoms. The van der Waals surface area contributed by atoms with Gasteiger partial charge in [0.25, 0.3) is 0 Å². The molecule has 2 heteroatoms. The van der Waals surface area contributed by atoms with Gasteiger partial charge in [0.1, 0.15) is 0 Å². The quantitative estimate of drug-likeness (QED) is 0.581. The lowest BCUT2D eigenvalue weighted by molar-refractivity contribution is 1.25. The van der Waals surface area contributed by atoms with E-state index >= 15 is 0 Å². The molecule has 1 aromatic rings. The molecule has 0 nitrogen and oxygen atoms in total. The summed E-state index contributed by atoms with van der Waals surface area (Å²) in [4.78, 5) is 2.71. The van der Waals surface area contributed by atoms with Crippen LogP contribution in [0.4, 0.5) is 0 Å². The van der Waals surface area contributed by atoms with Crippen LogP contribution in [0.2, 0.25) is 0 Å². The van der Waals surface area contributed by atoms with Gasteiger partial charge in [-0.15, -0.1) is 23.5 Å². The molecule has 0 spiro atoms. The molecule has 0 aromatic heterocycles. The van der Waals surface area contributed by atoms with Gasteiger partial charge in [0.2, 0.25) is 0 Å². The molecule has 1 aromatic carbocycles. The highest BCUT2D eigenvalue weighted by Crippen LogP contribution is 2.41. The molecular formula is C8H6S2. The Morgan fingerprint density at radius 3 is 2.90 bits per heavy atom. The third kappa shape index (κ3) is 1.06. The van der Waals surface area contributed by atoms with Crippen molar-refractivity contribution in [3.05, 3.63) is 30.7 Å². The van der Waals surface area contributed by atoms with Crippen molar-refractivity contribution in [2.24, 2.45) is 0 Å². The molecule has 50 valence electrons. The molecular weight excluding hydrogens is 160 g/mol. The fraction of sp³-hybridized carbons (Fsp3) is 0.125. The van der Waals surface area contributed by atoms with Crippen molar-refractivity contribution in [2.45, 2.75) is 9.79 Å². The average molecular weight is 166 g/mol. The van der Waals surface area contributed by atoms with E-state index in [1.807, 2.05) is 35.7 Å². The zero-order valence-corrected chi connectivity index (χ0v) is 6.97. The summed E-state index contributed by atoms with van der Waals surface area (Å²) in [5, 5.41) is 1.14. The van der Waals surface area contributed by atoms with E-state index < -0.39 is 0 Å². The van der Waals surface area contributed by atoms with Gasteiger partial charge in [-0.1, -0.05) is 6.07 Å². The lowest BCUT2D eigenvalue weighted by Gasteiger charge is -1.95. The second-order valence-electron chi connectivity index (χ2n) is 2.11. The Bertz CT molecular complexity index is 255. The predicted octanol–water partition coefficient (Wildman–Crippen LogP) is 2.90. The van der Waals surface area contributed by atoms with E-state index in [0.717, 1.165) is 10.6 Å². The lowest BCUT2D eigenvalue weighted by Crippen LogP contribution is -1.73. The highest BCUT2D eigenvalue weighted by molar-refractivity contribution is 8.18. The Morgan fingerprint density at radius 2 is 2.00 bits per heavy atom. The highest BCUT2D eigenvalue weighted by Gasteiger charge is 2.10. The van der Waals surface area contributed by atoms with Gasteiger partial charge in [-0.25, -0.2) is 0 Å². The van der Waals surface area contributed by atoms with Crippen molar-refractivity contribution >= 4 is 23.5 Å². The van der Waals surface area contributed by atoms with Crippen LogP contribution in [-0.4, -0.2) is 5.08 Å². The summed E-state index contributed by atoms with van der Waals surface area (Å²) in [5.74, 6) is 0. The summed E-state index contributed by atoms with van der Waals surface area (Å²) in [6.45, 7) is 5.61. The third-order valence-corrected chi connectivity index (χ3v) is 3.78. The van der Waals surface area contributed by atoms with Crippen LogP contribution in [0.1, 0.15) is 5.56 Å². The Balaban J connectivity index is 2.52. The van der Waals surface area contributed by atoms with Crippen molar-refractivity contribution in [1.29, 1.82) is 0 Å². The number of thioether (sulfide) groups is 2. The van der Waals surface area contributed by atoms with E-state index in [2.05, 4.69) is 6.07 Å². The lowest BCUT2D eigenvalue weighted by atomic mass is 10.2. The van der Waals surface area contributed by atoms with Gasteiger partial charge in [-0.3, -0.25) is 0 Å². The Kier molecular flexibility index (Phi) is 1.66. The smallest absolute Gasteiger partial charge is 0.0487 e. The highest BCUT2D eigenvalue weighted by atomic mass is 32.2. The van der Waals surface area contributed by atoms with Crippen LogP contribution < -0.4 is 0 Å². The number of hydrogen-bond donors (Lipinski definition) is 0. The van der Waals surface area contributed by atoms with Gasteiger partial charge in [-0.2, -0.15) is 0 Å². The Morgan fingerprint density at radius 1 is 1.20 bits per heavy atom. The summed E-state index contributed by atoms with van der Waals surface area (Å²) in [7, 11) is 0. The van der Waals surface area contributed by atoms with Crippen LogP contribution in [0.5, 0.6) is 0 Å². The van der Waals surface area contributed by atoms with E-state index in [0.29, 0.717) is 0 Å². The second-order valence-corrected chi connectivity index (χ2v) is 4.51. The first kappa shape index (κ1) is 6.62. The SMILES string of the molecule is [CH]c1ccc2c(c1)SCS2. The van der Waals surface area contributed by atoms with E-state index in [4.69, 9.17) is 6.92 Å². The summed E-state index contributed by atoms with van der Waals surface area (Å²) in [6, 6.07) is 6.09. The minimum absolute atomic E-state index is 0.869. The predicted molar refractivity (Wildman–Crippen MR) is 46.4 cm³/mol. The largest absolute Gasteiger partial charge is 0.114 e. The molecule has 0 N–H and O–H groups in total. The van der Waals surface area contributed by atoms with E-state index in [9.17, 15) is 0 Å². The molecule has 0 saturated carbocycles. The minimum Gasteiger partial charge on any atom is -0.114 e.